The SMILES string of the molecule is Cc1ccc(C2NNC3c4cc5c(cc4N(Cc4ccc(F)cc4)CC23)OCCO5)cc1C. The summed E-state index contributed by atoms with van der Waals surface area (Å²) >= 11 is 0. The second-order valence-corrected chi connectivity index (χ2v) is 9.31. The molecule has 3 heterocycles. The van der Waals surface area contributed by atoms with Crippen LogP contribution < -0.4 is 25.2 Å². The van der Waals surface area contributed by atoms with Crippen LogP contribution in [0.2, 0.25) is 0 Å². The number of aryl methyl sites for hydroxylation is 2. The van der Waals surface area contributed by atoms with Crippen molar-refractivity contribution in [3.63, 3.8) is 0 Å². The first kappa shape index (κ1) is 20.5. The van der Waals surface area contributed by atoms with Gasteiger partial charge in [0, 0.05) is 30.8 Å². The van der Waals surface area contributed by atoms with Crippen LogP contribution in [-0.2, 0) is 6.54 Å². The minimum Gasteiger partial charge on any atom is -0.486 e. The molecule has 3 unspecified atom stereocenters. The van der Waals surface area contributed by atoms with Crippen LogP contribution in [-0.4, -0.2) is 19.8 Å². The van der Waals surface area contributed by atoms with E-state index in [4.69, 9.17) is 9.47 Å². The normalized spacial score (nSPS) is 23.2. The largest absolute Gasteiger partial charge is 0.486 e. The van der Waals surface area contributed by atoms with Crippen molar-refractivity contribution in [2.45, 2.75) is 32.5 Å². The van der Waals surface area contributed by atoms with Crippen LogP contribution in [0.3, 0.4) is 0 Å². The summed E-state index contributed by atoms with van der Waals surface area (Å²) in [6, 6.07) is 18.1. The molecule has 0 aliphatic carbocycles. The van der Waals surface area contributed by atoms with E-state index in [1.807, 2.05) is 12.1 Å². The van der Waals surface area contributed by atoms with Crippen LogP contribution in [0.4, 0.5) is 10.1 Å². The molecule has 170 valence electrons. The topological polar surface area (TPSA) is 45.8 Å². The predicted molar refractivity (Wildman–Crippen MR) is 126 cm³/mol. The van der Waals surface area contributed by atoms with E-state index in [-0.39, 0.29) is 17.9 Å². The number of ether oxygens (including phenoxy) is 2. The number of nitrogens with one attached hydrogen (secondary N) is 2. The molecule has 3 aromatic rings. The van der Waals surface area contributed by atoms with Gasteiger partial charge in [0.2, 0.25) is 0 Å². The lowest BCUT2D eigenvalue weighted by atomic mass is 9.81. The fourth-order valence-electron chi connectivity index (χ4n) is 5.32. The van der Waals surface area contributed by atoms with Gasteiger partial charge < -0.3 is 14.4 Å². The number of halogens is 1. The van der Waals surface area contributed by atoms with Crippen molar-refractivity contribution in [1.82, 2.24) is 10.9 Å². The average molecular weight is 446 g/mol. The van der Waals surface area contributed by atoms with Crippen molar-refractivity contribution >= 4 is 5.69 Å². The molecule has 0 spiro atoms. The Bertz CT molecular complexity index is 1200. The summed E-state index contributed by atoms with van der Waals surface area (Å²) in [5.74, 6) is 1.71. The minimum absolute atomic E-state index is 0.159. The van der Waals surface area contributed by atoms with Crippen molar-refractivity contribution in [2.75, 3.05) is 24.7 Å². The van der Waals surface area contributed by atoms with Crippen molar-refractivity contribution in [3.8, 4) is 11.5 Å². The zero-order chi connectivity index (χ0) is 22.5. The summed E-state index contributed by atoms with van der Waals surface area (Å²) in [6.45, 7) is 7.01. The van der Waals surface area contributed by atoms with Crippen LogP contribution >= 0.6 is 0 Å². The molecular formula is C27H28FN3O2. The number of hydrazine groups is 1. The molecule has 0 radical (unpaired) electrons. The minimum atomic E-state index is -0.212. The fraction of sp³-hybridized carbons (Fsp3) is 0.333. The smallest absolute Gasteiger partial charge is 0.163 e. The van der Waals surface area contributed by atoms with Gasteiger partial charge in [0.25, 0.3) is 0 Å². The van der Waals surface area contributed by atoms with Gasteiger partial charge in [-0.2, -0.15) is 0 Å². The Morgan fingerprint density at radius 3 is 2.36 bits per heavy atom. The van der Waals surface area contributed by atoms with Gasteiger partial charge in [0.05, 0.1) is 12.1 Å². The highest BCUT2D eigenvalue weighted by molar-refractivity contribution is 5.65. The molecule has 2 N–H and O–H groups in total. The number of fused-ring (bicyclic) bond motifs is 4. The van der Waals surface area contributed by atoms with E-state index in [1.54, 1.807) is 0 Å². The molecule has 0 aromatic heterocycles. The summed E-state index contributed by atoms with van der Waals surface area (Å²) in [4.78, 5) is 2.39. The Morgan fingerprint density at radius 2 is 1.61 bits per heavy atom. The molecule has 3 aliphatic rings. The van der Waals surface area contributed by atoms with Gasteiger partial charge >= 0.3 is 0 Å². The molecular weight excluding hydrogens is 417 g/mol. The summed E-state index contributed by atoms with van der Waals surface area (Å²) < 4.78 is 25.3. The molecule has 0 amide bonds. The molecule has 0 saturated carbocycles. The third-order valence-electron chi connectivity index (χ3n) is 7.23. The van der Waals surface area contributed by atoms with Crippen molar-refractivity contribution in [3.05, 3.63) is 88.2 Å². The Labute approximate surface area is 193 Å². The van der Waals surface area contributed by atoms with Gasteiger partial charge in [0.15, 0.2) is 11.5 Å². The van der Waals surface area contributed by atoms with Gasteiger partial charge in [-0.05, 0) is 59.9 Å². The highest BCUT2D eigenvalue weighted by Gasteiger charge is 2.44. The molecule has 1 saturated heterocycles. The first-order valence-electron chi connectivity index (χ1n) is 11.6. The zero-order valence-corrected chi connectivity index (χ0v) is 18.9. The van der Waals surface area contributed by atoms with Crippen molar-refractivity contribution in [2.24, 2.45) is 5.92 Å². The maximum atomic E-state index is 13.5. The molecule has 5 nitrogen and oxygen atoms in total. The second-order valence-electron chi connectivity index (χ2n) is 9.31. The maximum absolute atomic E-state index is 13.5. The van der Waals surface area contributed by atoms with Gasteiger partial charge in [-0.25, -0.2) is 15.2 Å². The van der Waals surface area contributed by atoms with Gasteiger partial charge in [0.1, 0.15) is 19.0 Å². The third-order valence-corrected chi connectivity index (χ3v) is 7.23. The van der Waals surface area contributed by atoms with Crippen LogP contribution in [0.15, 0.2) is 54.6 Å². The summed E-state index contributed by atoms with van der Waals surface area (Å²) in [7, 11) is 0. The standard InChI is InChI=1S/C27H28FN3O2/c1-16-3-6-19(11-17(16)2)26-22-15-31(14-18-4-7-20(28)8-5-18)23-13-25-24(32-9-10-33-25)12-21(23)27(22)30-29-26/h3-8,11-13,22,26-27,29-30H,9-10,14-15H2,1-2H3. The predicted octanol–water partition coefficient (Wildman–Crippen LogP) is 4.74. The van der Waals surface area contributed by atoms with Crippen LogP contribution in [0.1, 0.15) is 39.9 Å². The summed E-state index contributed by atoms with van der Waals surface area (Å²) in [5, 5.41) is 0. The highest BCUT2D eigenvalue weighted by Crippen LogP contribution is 2.49. The molecule has 6 rings (SSSR count). The number of nitrogens with zero attached hydrogens (tertiary/aromatic N) is 1. The molecule has 0 bridgehead atoms. The summed E-state index contributed by atoms with van der Waals surface area (Å²) in [5.41, 5.74) is 14.5. The van der Waals surface area contributed by atoms with Gasteiger partial charge in [-0.15, -0.1) is 0 Å². The summed E-state index contributed by atoms with van der Waals surface area (Å²) in [6.07, 6.45) is 0. The van der Waals surface area contributed by atoms with E-state index in [2.05, 4.69) is 59.9 Å². The lowest BCUT2D eigenvalue weighted by Gasteiger charge is -2.40. The van der Waals surface area contributed by atoms with E-state index >= 15 is 0 Å². The van der Waals surface area contributed by atoms with E-state index in [0.717, 1.165) is 29.3 Å². The maximum Gasteiger partial charge on any atom is 0.163 e. The molecule has 3 aliphatic heterocycles. The Balaban J connectivity index is 1.40. The van der Waals surface area contributed by atoms with Crippen LogP contribution in [0.5, 0.6) is 11.5 Å². The fourth-order valence-corrected chi connectivity index (χ4v) is 5.32. The first-order valence-corrected chi connectivity index (χ1v) is 11.6. The van der Waals surface area contributed by atoms with Gasteiger partial charge in [-0.3, -0.25) is 0 Å². The second kappa shape index (κ2) is 8.04. The first-order chi connectivity index (χ1) is 16.1. The number of benzene rings is 3. The molecule has 1 fully saturated rings. The Hall–Kier alpha value is -3.09. The van der Waals surface area contributed by atoms with E-state index in [0.29, 0.717) is 25.7 Å². The number of rotatable bonds is 3. The third kappa shape index (κ3) is 3.63. The average Bonchev–Trinajstić information content (AvgIpc) is 3.25. The highest BCUT2D eigenvalue weighted by atomic mass is 19.1. The van der Waals surface area contributed by atoms with Crippen LogP contribution in [0, 0.1) is 25.6 Å². The van der Waals surface area contributed by atoms with Crippen molar-refractivity contribution in [1.29, 1.82) is 0 Å². The van der Waals surface area contributed by atoms with Gasteiger partial charge in [-0.1, -0.05) is 30.3 Å². The van der Waals surface area contributed by atoms with E-state index in [1.165, 1.54) is 34.4 Å². The number of anilines is 1. The molecule has 3 aromatic carbocycles. The van der Waals surface area contributed by atoms with E-state index < -0.39 is 0 Å². The monoisotopic (exact) mass is 445 g/mol. The Kier molecular flexibility index (Phi) is 5.00. The number of hydrogen-bond acceptors (Lipinski definition) is 5. The number of hydrogen-bond donors (Lipinski definition) is 2. The quantitative estimate of drug-likeness (QED) is 0.610. The molecule has 3 atom stereocenters. The van der Waals surface area contributed by atoms with E-state index in [9.17, 15) is 4.39 Å². The van der Waals surface area contributed by atoms with Crippen LogP contribution in [0.25, 0.3) is 0 Å². The van der Waals surface area contributed by atoms with Crippen molar-refractivity contribution < 1.29 is 13.9 Å². The Morgan fingerprint density at radius 1 is 0.879 bits per heavy atom. The molecule has 6 heteroatoms. The lowest BCUT2D eigenvalue weighted by Crippen LogP contribution is -2.39. The lowest BCUT2D eigenvalue weighted by molar-refractivity contribution is 0.171. The zero-order valence-electron chi connectivity index (χ0n) is 18.9. The molecule has 33 heavy (non-hydrogen) atoms.